The molecular weight excluding hydrogens is 673 g/mol. The Bertz CT molecular complexity index is 2900. The molecule has 0 fully saturated rings. The largest absolute Gasteiger partial charge is 0.416 e. The lowest BCUT2D eigenvalue weighted by Gasteiger charge is -2.28. The molecule has 8 aromatic carbocycles. The van der Waals surface area contributed by atoms with Crippen molar-refractivity contribution in [2.24, 2.45) is 0 Å². The summed E-state index contributed by atoms with van der Waals surface area (Å²) in [5.41, 5.74) is 13.0. The summed E-state index contributed by atoms with van der Waals surface area (Å²) in [4.78, 5) is 2.32. The van der Waals surface area contributed by atoms with Crippen molar-refractivity contribution in [2.75, 3.05) is 4.90 Å². The first-order valence-corrected chi connectivity index (χ1v) is 18.4. The van der Waals surface area contributed by atoms with Crippen LogP contribution in [0.25, 0.3) is 72.7 Å². The van der Waals surface area contributed by atoms with Gasteiger partial charge in [0.1, 0.15) is 0 Å². The molecule has 260 valence electrons. The van der Waals surface area contributed by atoms with Crippen molar-refractivity contribution in [3.63, 3.8) is 0 Å². The van der Waals surface area contributed by atoms with Gasteiger partial charge >= 0.3 is 0 Å². The first-order valence-electron chi connectivity index (χ1n) is 18.4. The SMILES string of the molecule is c1ccc(-c2nnc(-c3ccc(N(c4ccc(-c5ccc6c(c5)c5ccccc5n6-c5ccccc5)cc4)c4ccccc4-c4ccccc4)cc3)o2)cc1. The maximum atomic E-state index is 6.09. The zero-order valence-corrected chi connectivity index (χ0v) is 29.8. The number of hydrogen-bond acceptors (Lipinski definition) is 4. The molecule has 0 radical (unpaired) electrons. The predicted octanol–water partition coefficient (Wildman–Crippen LogP) is 13.3. The summed E-state index contributed by atoms with van der Waals surface area (Å²) in [6.07, 6.45) is 0. The van der Waals surface area contributed by atoms with Gasteiger partial charge in [-0.05, 0) is 102 Å². The van der Waals surface area contributed by atoms with Gasteiger partial charge in [0.05, 0.1) is 16.7 Å². The summed E-state index contributed by atoms with van der Waals surface area (Å²) in [5.74, 6) is 0.981. The van der Waals surface area contributed by atoms with E-state index >= 15 is 0 Å². The van der Waals surface area contributed by atoms with Gasteiger partial charge in [0.25, 0.3) is 0 Å². The van der Waals surface area contributed by atoms with E-state index in [-0.39, 0.29) is 0 Å². The van der Waals surface area contributed by atoms with Crippen LogP contribution in [0.15, 0.2) is 211 Å². The summed E-state index contributed by atoms with van der Waals surface area (Å²) >= 11 is 0. The van der Waals surface area contributed by atoms with E-state index in [9.17, 15) is 0 Å². The fourth-order valence-corrected chi connectivity index (χ4v) is 7.56. The van der Waals surface area contributed by atoms with E-state index in [1.54, 1.807) is 0 Å². The molecule has 5 nitrogen and oxygen atoms in total. The van der Waals surface area contributed by atoms with Crippen LogP contribution in [0.2, 0.25) is 0 Å². The summed E-state index contributed by atoms with van der Waals surface area (Å²) < 4.78 is 8.45. The van der Waals surface area contributed by atoms with E-state index in [1.807, 2.05) is 42.5 Å². The number of fused-ring (bicyclic) bond motifs is 3. The second-order valence-corrected chi connectivity index (χ2v) is 13.5. The van der Waals surface area contributed by atoms with Crippen LogP contribution in [0.1, 0.15) is 0 Å². The third-order valence-corrected chi connectivity index (χ3v) is 10.2. The van der Waals surface area contributed by atoms with E-state index in [4.69, 9.17) is 4.42 Å². The van der Waals surface area contributed by atoms with E-state index in [0.717, 1.165) is 50.6 Å². The van der Waals surface area contributed by atoms with Crippen molar-refractivity contribution in [2.45, 2.75) is 0 Å². The Morgan fingerprint density at radius 3 is 1.58 bits per heavy atom. The Labute approximate surface area is 319 Å². The van der Waals surface area contributed by atoms with Gasteiger partial charge in [-0.2, -0.15) is 0 Å². The lowest BCUT2D eigenvalue weighted by atomic mass is 10.00. The third-order valence-electron chi connectivity index (χ3n) is 10.2. The van der Waals surface area contributed by atoms with Crippen molar-refractivity contribution in [3.05, 3.63) is 206 Å². The van der Waals surface area contributed by atoms with Crippen molar-refractivity contribution in [1.82, 2.24) is 14.8 Å². The van der Waals surface area contributed by atoms with Crippen molar-refractivity contribution >= 4 is 38.9 Å². The highest BCUT2D eigenvalue weighted by molar-refractivity contribution is 6.10. The van der Waals surface area contributed by atoms with Crippen molar-refractivity contribution in [3.8, 4) is 50.8 Å². The fraction of sp³-hybridized carbons (Fsp3) is 0. The van der Waals surface area contributed by atoms with Gasteiger partial charge in [0.15, 0.2) is 0 Å². The average molecular weight is 707 g/mol. The topological polar surface area (TPSA) is 47.1 Å². The molecule has 0 aliphatic rings. The quantitative estimate of drug-likeness (QED) is 0.158. The minimum atomic E-state index is 0.481. The standard InChI is InChI=1S/C50H34N4O/c1-4-14-36(15-5-1)43-20-10-12-22-46(43)53(42-31-26-38(27-32-42)50-52-51-49(55-50)37-16-6-2-7-17-37)41-29-24-35(25-30-41)39-28-33-48-45(34-39)44-21-11-13-23-47(44)54(48)40-18-8-3-9-19-40/h1-34H. The second kappa shape index (κ2) is 13.8. The Morgan fingerprint density at radius 2 is 0.891 bits per heavy atom. The van der Waals surface area contributed by atoms with Crippen LogP contribution in [-0.2, 0) is 0 Å². The third kappa shape index (κ3) is 5.94. The number of benzene rings is 8. The van der Waals surface area contributed by atoms with Gasteiger partial charge < -0.3 is 13.9 Å². The normalized spacial score (nSPS) is 11.3. The first kappa shape index (κ1) is 32.2. The zero-order valence-electron chi connectivity index (χ0n) is 29.8. The van der Waals surface area contributed by atoms with Gasteiger partial charge in [-0.25, -0.2) is 0 Å². The molecule has 0 saturated carbocycles. The van der Waals surface area contributed by atoms with Crippen LogP contribution in [0, 0.1) is 0 Å². The molecule has 2 heterocycles. The maximum absolute atomic E-state index is 6.09. The molecular formula is C50H34N4O. The minimum Gasteiger partial charge on any atom is -0.416 e. The molecule has 10 aromatic rings. The number of rotatable bonds is 8. The number of hydrogen-bond donors (Lipinski definition) is 0. The van der Waals surface area contributed by atoms with Crippen LogP contribution in [0.5, 0.6) is 0 Å². The number of anilines is 3. The van der Waals surface area contributed by atoms with E-state index in [2.05, 4.69) is 183 Å². The van der Waals surface area contributed by atoms with Crippen molar-refractivity contribution < 1.29 is 4.42 Å². The van der Waals surface area contributed by atoms with Crippen LogP contribution in [0.4, 0.5) is 17.1 Å². The van der Waals surface area contributed by atoms with Crippen LogP contribution in [-0.4, -0.2) is 14.8 Å². The second-order valence-electron chi connectivity index (χ2n) is 13.5. The van der Waals surface area contributed by atoms with E-state index in [1.165, 1.54) is 27.4 Å². The molecule has 0 saturated heterocycles. The highest BCUT2D eigenvalue weighted by Gasteiger charge is 2.19. The Morgan fingerprint density at radius 1 is 0.382 bits per heavy atom. The van der Waals surface area contributed by atoms with E-state index < -0.39 is 0 Å². The molecule has 0 unspecified atom stereocenters. The molecule has 5 heteroatoms. The molecule has 0 aliphatic heterocycles. The summed E-state index contributed by atoms with van der Waals surface area (Å²) in [7, 11) is 0. The molecule has 0 amide bonds. The number of aromatic nitrogens is 3. The molecule has 0 aliphatic carbocycles. The number of nitrogens with zero attached hydrogens (tertiary/aromatic N) is 4. The minimum absolute atomic E-state index is 0.481. The molecule has 0 atom stereocenters. The monoisotopic (exact) mass is 706 g/mol. The fourth-order valence-electron chi connectivity index (χ4n) is 7.56. The van der Waals surface area contributed by atoms with Crippen LogP contribution < -0.4 is 4.90 Å². The van der Waals surface area contributed by atoms with Crippen LogP contribution >= 0.6 is 0 Å². The summed E-state index contributed by atoms with van der Waals surface area (Å²) in [5, 5.41) is 11.2. The average Bonchev–Trinajstić information content (AvgIpc) is 3.89. The van der Waals surface area contributed by atoms with Crippen LogP contribution in [0.3, 0.4) is 0 Å². The Kier molecular flexibility index (Phi) is 8.08. The smallest absolute Gasteiger partial charge is 0.248 e. The molecule has 2 aromatic heterocycles. The summed E-state index contributed by atoms with van der Waals surface area (Å²) in [6, 6.07) is 72.2. The van der Waals surface area contributed by atoms with Gasteiger partial charge in [0.2, 0.25) is 11.8 Å². The number of para-hydroxylation sites is 3. The molecule has 55 heavy (non-hydrogen) atoms. The lowest BCUT2D eigenvalue weighted by Crippen LogP contribution is -2.11. The predicted molar refractivity (Wildman–Crippen MR) is 225 cm³/mol. The molecule has 10 rings (SSSR count). The molecule has 0 spiro atoms. The Hall–Kier alpha value is -7.50. The van der Waals surface area contributed by atoms with Gasteiger partial charge in [-0.3, -0.25) is 0 Å². The molecule has 0 N–H and O–H groups in total. The maximum Gasteiger partial charge on any atom is 0.248 e. The molecule has 0 bridgehead atoms. The van der Waals surface area contributed by atoms with E-state index in [0.29, 0.717) is 11.8 Å². The first-order chi connectivity index (χ1) is 27.3. The lowest BCUT2D eigenvalue weighted by molar-refractivity contribution is 0.584. The Balaban J connectivity index is 1.04. The van der Waals surface area contributed by atoms with Crippen molar-refractivity contribution in [1.29, 1.82) is 0 Å². The van der Waals surface area contributed by atoms with Gasteiger partial charge in [-0.1, -0.05) is 121 Å². The van der Waals surface area contributed by atoms with Gasteiger partial charge in [-0.15, -0.1) is 10.2 Å². The highest BCUT2D eigenvalue weighted by atomic mass is 16.4. The van der Waals surface area contributed by atoms with Gasteiger partial charge in [0, 0.05) is 44.5 Å². The highest BCUT2D eigenvalue weighted by Crippen LogP contribution is 2.42. The zero-order chi connectivity index (χ0) is 36.6. The summed E-state index contributed by atoms with van der Waals surface area (Å²) in [6.45, 7) is 0.